The first-order valence-corrected chi connectivity index (χ1v) is 17.6. The number of rotatable bonds is 11. The maximum absolute atomic E-state index is 14.2. The Labute approximate surface area is 260 Å². The van der Waals surface area contributed by atoms with E-state index in [1.165, 1.54) is 19.2 Å². The van der Waals surface area contributed by atoms with Crippen molar-refractivity contribution in [1.29, 1.82) is 0 Å². The van der Waals surface area contributed by atoms with Crippen LogP contribution in [0.15, 0.2) is 72.8 Å². The molecule has 1 amide bonds. The predicted octanol–water partition coefficient (Wildman–Crippen LogP) is 7.51. The van der Waals surface area contributed by atoms with Gasteiger partial charge in [-0.15, -0.1) is 0 Å². The van der Waals surface area contributed by atoms with E-state index in [0.29, 0.717) is 13.0 Å². The van der Waals surface area contributed by atoms with Gasteiger partial charge in [-0.05, 0) is 53.4 Å². The van der Waals surface area contributed by atoms with Crippen LogP contribution >= 0.6 is 0 Å². The Morgan fingerprint density at radius 3 is 2.27 bits per heavy atom. The van der Waals surface area contributed by atoms with Crippen LogP contribution < -0.4 is 14.2 Å². The zero-order valence-electron chi connectivity index (χ0n) is 26.6. The number of hydrogen-bond donors (Lipinski definition) is 0. The van der Waals surface area contributed by atoms with Gasteiger partial charge in [-0.3, -0.25) is 14.9 Å². The van der Waals surface area contributed by atoms with Crippen LogP contribution in [0.3, 0.4) is 0 Å². The summed E-state index contributed by atoms with van der Waals surface area (Å²) >= 11 is 0. The van der Waals surface area contributed by atoms with Crippen molar-refractivity contribution in [1.82, 2.24) is 4.90 Å². The summed E-state index contributed by atoms with van der Waals surface area (Å²) in [7, 11) is 0.924. The average molecular weight is 619 g/mol. The normalized spacial score (nSPS) is 15.4. The van der Waals surface area contributed by atoms with Gasteiger partial charge in [-0.1, -0.05) is 69.3 Å². The fraction of sp³-hybridized carbons (Fsp3) is 0.382. The van der Waals surface area contributed by atoms with Gasteiger partial charge in [0.2, 0.25) is 0 Å². The standard InChI is InChI=1S/C34H42N2O7Si/c1-34(2,3)44(6,7)43-23-27-19-26(25-13-15-28(40-4)16-14-25)17-18-35(27)33(37)29-20-31(41-5)32(21-30(29)36(38)39)42-22-24-11-9-8-10-12-24/h8-17,20-21,27H,18-19,22-23H2,1-7H3. The van der Waals surface area contributed by atoms with E-state index in [0.717, 1.165) is 22.4 Å². The molecule has 9 nitrogen and oxygen atoms in total. The minimum Gasteiger partial charge on any atom is -0.497 e. The molecule has 1 aliphatic rings. The molecule has 0 radical (unpaired) electrons. The molecule has 234 valence electrons. The lowest BCUT2D eigenvalue weighted by Gasteiger charge is -2.41. The summed E-state index contributed by atoms with van der Waals surface area (Å²) in [4.78, 5) is 27.6. The SMILES string of the molecule is COc1ccc(C2=CCN(C(=O)c3cc(OC)c(OCc4ccccc4)cc3[N+](=O)[O-])C(CO[Si](C)(C)C(C)(C)C)C2)cc1. The van der Waals surface area contributed by atoms with Gasteiger partial charge >= 0.3 is 0 Å². The van der Waals surface area contributed by atoms with Crippen molar-refractivity contribution in [3.05, 3.63) is 99.6 Å². The molecule has 0 saturated heterocycles. The fourth-order valence-electron chi connectivity index (χ4n) is 4.80. The quantitative estimate of drug-likeness (QED) is 0.125. The van der Waals surface area contributed by atoms with Gasteiger partial charge in [-0.25, -0.2) is 0 Å². The van der Waals surface area contributed by atoms with E-state index in [1.807, 2.05) is 60.7 Å². The van der Waals surface area contributed by atoms with Crippen LogP contribution in [-0.2, 0) is 11.0 Å². The third-order valence-electron chi connectivity index (χ3n) is 8.54. The Bertz CT molecular complexity index is 1500. The molecule has 1 unspecified atom stereocenters. The molecule has 0 N–H and O–H groups in total. The van der Waals surface area contributed by atoms with Crippen LogP contribution in [0, 0.1) is 10.1 Å². The Balaban J connectivity index is 1.68. The number of benzene rings is 3. The minimum absolute atomic E-state index is 0.0209. The van der Waals surface area contributed by atoms with Gasteiger partial charge < -0.3 is 23.5 Å². The molecule has 10 heteroatoms. The van der Waals surface area contributed by atoms with Crippen molar-refractivity contribution >= 4 is 25.5 Å². The third-order valence-corrected chi connectivity index (χ3v) is 13.0. The van der Waals surface area contributed by atoms with Crippen LogP contribution in [0.4, 0.5) is 5.69 Å². The Hall–Kier alpha value is -4.15. The van der Waals surface area contributed by atoms with Crippen LogP contribution in [0.5, 0.6) is 17.2 Å². The van der Waals surface area contributed by atoms with Crippen LogP contribution in [0.2, 0.25) is 18.1 Å². The number of methoxy groups -OCH3 is 2. The predicted molar refractivity (Wildman–Crippen MR) is 174 cm³/mol. The smallest absolute Gasteiger partial charge is 0.286 e. The molecule has 3 aromatic carbocycles. The fourth-order valence-corrected chi connectivity index (χ4v) is 5.84. The number of nitro benzene ring substituents is 1. The molecule has 0 saturated carbocycles. The van der Waals surface area contributed by atoms with Gasteiger partial charge in [0.1, 0.15) is 17.9 Å². The van der Waals surface area contributed by atoms with Crippen molar-refractivity contribution in [3.63, 3.8) is 0 Å². The van der Waals surface area contributed by atoms with E-state index in [1.54, 1.807) is 12.0 Å². The molecule has 0 fully saturated rings. The maximum Gasteiger partial charge on any atom is 0.286 e. The number of amides is 1. The third kappa shape index (κ3) is 7.49. The van der Waals surface area contributed by atoms with Gasteiger partial charge in [0, 0.05) is 12.6 Å². The number of nitrogens with zero attached hydrogens (tertiary/aromatic N) is 2. The average Bonchev–Trinajstić information content (AvgIpc) is 3.01. The number of carbonyl (C=O) groups excluding carboxylic acids is 1. The highest BCUT2D eigenvalue weighted by Gasteiger charge is 2.40. The molecular formula is C34H42N2O7Si. The summed E-state index contributed by atoms with van der Waals surface area (Å²) in [5.41, 5.74) is 2.61. The molecule has 1 heterocycles. The van der Waals surface area contributed by atoms with Gasteiger partial charge in [-0.2, -0.15) is 0 Å². The highest BCUT2D eigenvalue weighted by Crippen LogP contribution is 2.39. The van der Waals surface area contributed by atoms with Gasteiger partial charge in [0.15, 0.2) is 19.8 Å². The molecular weight excluding hydrogens is 576 g/mol. The van der Waals surface area contributed by atoms with Crippen molar-refractivity contribution in [2.24, 2.45) is 0 Å². The first-order valence-electron chi connectivity index (χ1n) is 14.7. The van der Waals surface area contributed by atoms with Crippen LogP contribution in [-0.4, -0.2) is 57.5 Å². The Morgan fingerprint density at radius 2 is 1.68 bits per heavy atom. The van der Waals surface area contributed by atoms with Crippen molar-refractivity contribution in [3.8, 4) is 17.2 Å². The summed E-state index contributed by atoms with van der Waals surface area (Å²) < 4.78 is 23.4. The van der Waals surface area contributed by atoms with Crippen molar-refractivity contribution in [2.75, 3.05) is 27.4 Å². The van der Waals surface area contributed by atoms with Crippen LogP contribution in [0.25, 0.3) is 5.57 Å². The van der Waals surface area contributed by atoms with E-state index < -0.39 is 19.1 Å². The Kier molecular flexibility index (Phi) is 10.2. The molecule has 0 aliphatic carbocycles. The monoisotopic (exact) mass is 618 g/mol. The summed E-state index contributed by atoms with van der Waals surface area (Å²) in [5.74, 6) is 0.740. The molecule has 0 spiro atoms. The highest BCUT2D eigenvalue weighted by atomic mass is 28.4. The number of carbonyl (C=O) groups is 1. The Morgan fingerprint density at radius 1 is 1.00 bits per heavy atom. The second kappa shape index (κ2) is 13.7. The first kappa shape index (κ1) is 32.8. The molecule has 0 bridgehead atoms. The maximum atomic E-state index is 14.2. The molecule has 1 atom stereocenters. The van der Waals surface area contributed by atoms with E-state index >= 15 is 0 Å². The zero-order valence-corrected chi connectivity index (χ0v) is 27.6. The summed E-state index contributed by atoms with van der Waals surface area (Å²) in [6.45, 7) is 11.6. The molecule has 4 rings (SSSR count). The lowest BCUT2D eigenvalue weighted by atomic mass is 9.93. The molecule has 44 heavy (non-hydrogen) atoms. The number of nitro groups is 1. The van der Waals surface area contributed by atoms with E-state index in [2.05, 4.69) is 33.9 Å². The van der Waals surface area contributed by atoms with Crippen molar-refractivity contribution < 1.29 is 28.4 Å². The lowest BCUT2D eigenvalue weighted by molar-refractivity contribution is -0.385. The van der Waals surface area contributed by atoms with Gasteiger partial charge in [0.25, 0.3) is 11.6 Å². The summed E-state index contributed by atoms with van der Waals surface area (Å²) in [6, 6.07) is 19.6. The highest BCUT2D eigenvalue weighted by molar-refractivity contribution is 6.74. The summed E-state index contributed by atoms with van der Waals surface area (Å²) in [6.07, 6.45) is 2.54. The van der Waals surface area contributed by atoms with E-state index in [4.69, 9.17) is 18.6 Å². The second-order valence-electron chi connectivity index (χ2n) is 12.4. The number of hydrogen-bond acceptors (Lipinski definition) is 7. The first-order chi connectivity index (χ1) is 20.8. The molecule has 0 aromatic heterocycles. The largest absolute Gasteiger partial charge is 0.497 e. The van der Waals surface area contributed by atoms with E-state index in [-0.39, 0.29) is 47.0 Å². The van der Waals surface area contributed by atoms with E-state index in [9.17, 15) is 14.9 Å². The summed E-state index contributed by atoms with van der Waals surface area (Å²) in [5, 5.41) is 12.2. The topological polar surface area (TPSA) is 100 Å². The zero-order chi connectivity index (χ0) is 32.1. The van der Waals surface area contributed by atoms with Crippen molar-refractivity contribution in [2.45, 2.75) is 58.0 Å². The lowest BCUT2D eigenvalue weighted by Crippen LogP contribution is -2.49. The molecule has 3 aromatic rings. The second-order valence-corrected chi connectivity index (χ2v) is 17.2. The molecule has 1 aliphatic heterocycles. The number of ether oxygens (including phenoxy) is 3. The van der Waals surface area contributed by atoms with Gasteiger partial charge in [0.05, 0.1) is 37.9 Å². The minimum atomic E-state index is -2.15. The van der Waals surface area contributed by atoms with Crippen LogP contribution in [0.1, 0.15) is 48.7 Å².